The summed E-state index contributed by atoms with van der Waals surface area (Å²) < 4.78 is 13.5. The molecule has 2 aromatic rings. The highest BCUT2D eigenvalue weighted by Gasteiger charge is 2.15. The molecule has 2 rings (SSSR count). The molecule has 0 saturated carbocycles. The Morgan fingerprint density at radius 1 is 1.05 bits per heavy atom. The highest BCUT2D eigenvalue weighted by atomic mass is 35.5. The summed E-state index contributed by atoms with van der Waals surface area (Å²) in [5.41, 5.74) is 0.547. The molecule has 0 radical (unpaired) electrons. The van der Waals surface area contributed by atoms with Crippen molar-refractivity contribution in [2.45, 2.75) is 6.54 Å². The summed E-state index contributed by atoms with van der Waals surface area (Å²) in [6.07, 6.45) is 0. The van der Waals surface area contributed by atoms with Crippen molar-refractivity contribution in [1.82, 2.24) is 5.32 Å². The van der Waals surface area contributed by atoms with Crippen molar-refractivity contribution in [2.75, 3.05) is 5.32 Å². The van der Waals surface area contributed by atoms with Crippen molar-refractivity contribution >= 4 is 40.7 Å². The first-order valence-corrected chi connectivity index (χ1v) is 7.00. The van der Waals surface area contributed by atoms with E-state index < -0.39 is 17.6 Å². The summed E-state index contributed by atoms with van der Waals surface area (Å²) in [5, 5.41) is 5.25. The molecule has 4 nitrogen and oxygen atoms in total. The summed E-state index contributed by atoms with van der Waals surface area (Å²) in [6.45, 7) is 0.0923. The zero-order valence-electron chi connectivity index (χ0n) is 11.2. The maximum Gasteiger partial charge on any atom is 0.313 e. The van der Waals surface area contributed by atoms with Crippen molar-refractivity contribution in [3.63, 3.8) is 0 Å². The largest absolute Gasteiger partial charge is 0.344 e. The number of anilines is 1. The fourth-order valence-electron chi connectivity index (χ4n) is 1.67. The molecule has 2 amide bonds. The van der Waals surface area contributed by atoms with Gasteiger partial charge in [-0.1, -0.05) is 41.4 Å². The summed E-state index contributed by atoms with van der Waals surface area (Å²) >= 11 is 11.5. The van der Waals surface area contributed by atoms with Gasteiger partial charge in [-0.25, -0.2) is 4.39 Å². The highest BCUT2D eigenvalue weighted by molar-refractivity contribution is 6.39. The van der Waals surface area contributed by atoms with Crippen LogP contribution in [-0.2, 0) is 16.1 Å². The highest BCUT2D eigenvalue weighted by Crippen LogP contribution is 2.18. The second-order valence-electron chi connectivity index (χ2n) is 4.35. The number of halogens is 3. The van der Waals surface area contributed by atoms with Gasteiger partial charge >= 0.3 is 11.8 Å². The van der Waals surface area contributed by atoms with Gasteiger partial charge in [0.1, 0.15) is 5.82 Å². The molecule has 0 aliphatic heterocycles. The van der Waals surface area contributed by atoms with Crippen molar-refractivity contribution in [3.05, 3.63) is 63.9 Å². The van der Waals surface area contributed by atoms with Crippen LogP contribution in [0.2, 0.25) is 10.0 Å². The van der Waals surface area contributed by atoms with Gasteiger partial charge in [-0.3, -0.25) is 9.59 Å². The Kier molecular flexibility index (Phi) is 5.35. The number of amides is 2. The van der Waals surface area contributed by atoms with Crippen LogP contribution in [0.1, 0.15) is 5.56 Å². The molecule has 0 aliphatic rings. The summed E-state index contributed by atoms with van der Waals surface area (Å²) in [5.74, 6) is -2.60. The third kappa shape index (κ3) is 4.19. The second kappa shape index (κ2) is 7.24. The zero-order chi connectivity index (χ0) is 16.1. The van der Waals surface area contributed by atoms with Gasteiger partial charge in [-0.15, -0.1) is 0 Å². The molecule has 0 unspecified atom stereocenters. The Hall–Kier alpha value is -2.11. The zero-order valence-corrected chi connectivity index (χ0v) is 12.7. The van der Waals surface area contributed by atoms with E-state index in [4.69, 9.17) is 23.2 Å². The molecule has 22 heavy (non-hydrogen) atoms. The Labute approximate surface area is 136 Å². The molecule has 2 aromatic carbocycles. The van der Waals surface area contributed by atoms with E-state index in [0.717, 1.165) is 6.07 Å². The van der Waals surface area contributed by atoms with Gasteiger partial charge in [0, 0.05) is 16.6 Å². The van der Waals surface area contributed by atoms with Gasteiger partial charge in [0.15, 0.2) is 0 Å². The Morgan fingerprint density at radius 2 is 1.77 bits per heavy atom. The summed E-state index contributed by atoms with van der Waals surface area (Å²) in [7, 11) is 0. The average molecular weight is 341 g/mol. The van der Waals surface area contributed by atoms with Crippen LogP contribution in [0.25, 0.3) is 0 Å². The number of nitrogens with one attached hydrogen (secondary N) is 2. The molecule has 0 aliphatic carbocycles. The SMILES string of the molecule is O=C(NCc1ccccc1Cl)C(=O)Nc1ccc(Cl)cc1F. The molecule has 0 saturated heterocycles. The van der Waals surface area contributed by atoms with Crippen LogP contribution in [0.3, 0.4) is 0 Å². The minimum atomic E-state index is -0.978. The minimum absolute atomic E-state index is 0.0923. The molecule has 0 atom stereocenters. The van der Waals surface area contributed by atoms with E-state index in [2.05, 4.69) is 10.6 Å². The van der Waals surface area contributed by atoms with E-state index in [9.17, 15) is 14.0 Å². The molecular weight excluding hydrogens is 330 g/mol. The fourth-order valence-corrected chi connectivity index (χ4v) is 2.03. The third-order valence-corrected chi connectivity index (χ3v) is 3.39. The predicted molar refractivity (Wildman–Crippen MR) is 83.3 cm³/mol. The second-order valence-corrected chi connectivity index (χ2v) is 5.20. The van der Waals surface area contributed by atoms with E-state index in [0.29, 0.717) is 10.6 Å². The topological polar surface area (TPSA) is 58.2 Å². The van der Waals surface area contributed by atoms with E-state index >= 15 is 0 Å². The minimum Gasteiger partial charge on any atom is -0.344 e. The number of benzene rings is 2. The van der Waals surface area contributed by atoms with Crippen molar-refractivity contribution in [1.29, 1.82) is 0 Å². The Balaban J connectivity index is 1.95. The molecule has 0 spiro atoms. The average Bonchev–Trinajstić information content (AvgIpc) is 2.49. The smallest absolute Gasteiger partial charge is 0.313 e. The van der Waals surface area contributed by atoms with Gasteiger partial charge < -0.3 is 10.6 Å². The van der Waals surface area contributed by atoms with Crippen LogP contribution in [0.4, 0.5) is 10.1 Å². The van der Waals surface area contributed by atoms with Crippen LogP contribution in [0.5, 0.6) is 0 Å². The molecular formula is C15H11Cl2FN2O2. The molecule has 0 heterocycles. The molecule has 0 aromatic heterocycles. The van der Waals surface area contributed by atoms with Crippen LogP contribution in [0, 0.1) is 5.82 Å². The van der Waals surface area contributed by atoms with Crippen LogP contribution in [-0.4, -0.2) is 11.8 Å². The van der Waals surface area contributed by atoms with Gasteiger partial charge in [-0.2, -0.15) is 0 Å². The van der Waals surface area contributed by atoms with Gasteiger partial charge in [-0.05, 0) is 29.8 Å². The Morgan fingerprint density at radius 3 is 2.45 bits per heavy atom. The van der Waals surface area contributed by atoms with Crippen molar-refractivity contribution in [2.24, 2.45) is 0 Å². The number of hydrogen-bond acceptors (Lipinski definition) is 2. The summed E-state index contributed by atoms with van der Waals surface area (Å²) in [4.78, 5) is 23.4. The molecule has 114 valence electrons. The van der Waals surface area contributed by atoms with Gasteiger partial charge in [0.2, 0.25) is 0 Å². The first-order chi connectivity index (χ1) is 10.5. The van der Waals surface area contributed by atoms with Crippen LogP contribution < -0.4 is 10.6 Å². The molecule has 0 bridgehead atoms. The number of carbonyl (C=O) groups is 2. The monoisotopic (exact) mass is 340 g/mol. The molecule has 2 N–H and O–H groups in total. The maximum atomic E-state index is 13.5. The summed E-state index contributed by atoms with van der Waals surface area (Å²) in [6, 6.07) is 10.6. The lowest BCUT2D eigenvalue weighted by Gasteiger charge is -2.08. The van der Waals surface area contributed by atoms with Crippen LogP contribution in [0.15, 0.2) is 42.5 Å². The fraction of sp³-hybridized carbons (Fsp3) is 0.0667. The molecule has 0 fully saturated rings. The quantitative estimate of drug-likeness (QED) is 0.841. The standard InChI is InChI=1S/C15H11Cl2FN2O2/c16-10-5-6-13(12(18)7-10)20-15(22)14(21)19-8-9-3-1-2-4-11(9)17/h1-7H,8H2,(H,19,21)(H,20,22). The lowest BCUT2D eigenvalue weighted by Crippen LogP contribution is -2.35. The number of rotatable bonds is 3. The van der Waals surface area contributed by atoms with E-state index in [1.807, 2.05) is 0 Å². The lowest BCUT2D eigenvalue weighted by molar-refractivity contribution is -0.136. The number of hydrogen-bond donors (Lipinski definition) is 2. The lowest BCUT2D eigenvalue weighted by atomic mass is 10.2. The van der Waals surface area contributed by atoms with Crippen molar-refractivity contribution < 1.29 is 14.0 Å². The maximum absolute atomic E-state index is 13.5. The first kappa shape index (κ1) is 16.3. The third-order valence-electron chi connectivity index (χ3n) is 2.78. The predicted octanol–water partition coefficient (Wildman–Crippen LogP) is 3.39. The normalized spacial score (nSPS) is 10.1. The molecule has 7 heteroatoms. The van der Waals surface area contributed by atoms with Crippen molar-refractivity contribution in [3.8, 4) is 0 Å². The number of carbonyl (C=O) groups excluding carboxylic acids is 2. The van der Waals surface area contributed by atoms with Gasteiger partial charge in [0.25, 0.3) is 0 Å². The Bertz CT molecular complexity index is 722. The van der Waals surface area contributed by atoms with E-state index in [1.54, 1.807) is 24.3 Å². The van der Waals surface area contributed by atoms with E-state index in [-0.39, 0.29) is 17.3 Å². The van der Waals surface area contributed by atoms with Gasteiger partial charge in [0.05, 0.1) is 5.69 Å². The first-order valence-electron chi connectivity index (χ1n) is 6.25. The van der Waals surface area contributed by atoms with E-state index in [1.165, 1.54) is 12.1 Å². The van der Waals surface area contributed by atoms with Crippen LogP contribution >= 0.6 is 23.2 Å².